The van der Waals surface area contributed by atoms with E-state index in [4.69, 9.17) is 4.74 Å². The first-order valence-corrected chi connectivity index (χ1v) is 8.79. The molecule has 0 unspecified atom stereocenters. The molecule has 0 spiro atoms. The summed E-state index contributed by atoms with van der Waals surface area (Å²) in [6.07, 6.45) is 0. The molecule has 0 saturated carbocycles. The number of hydrogen-bond acceptors (Lipinski definition) is 4. The fourth-order valence-electron chi connectivity index (χ4n) is 2.98. The van der Waals surface area contributed by atoms with Crippen molar-refractivity contribution in [1.82, 2.24) is 25.3 Å². The number of nitrogens with one attached hydrogen (secondary N) is 2. The number of hydrogen-bond donors (Lipinski definition) is 2. The standard InChI is InChI=1S/C17H31N5O2/c1-13(11-22-16(4)9-14(2)20-22)10-18-17(23)19-15(3)12-21-5-7-24-8-6-21/h9,13,15H,5-8,10-12H2,1-4H3,(H2,18,19,23)/t13-,15-/m0/s1. The Balaban J connectivity index is 1.65. The predicted octanol–water partition coefficient (Wildman–Crippen LogP) is 1.16. The molecule has 2 atom stereocenters. The number of rotatable bonds is 7. The molecule has 0 bridgehead atoms. The molecule has 7 nitrogen and oxygen atoms in total. The summed E-state index contributed by atoms with van der Waals surface area (Å²) < 4.78 is 7.34. The highest BCUT2D eigenvalue weighted by atomic mass is 16.5. The zero-order chi connectivity index (χ0) is 17.5. The second-order valence-electron chi connectivity index (χ2n) is 6.88. The van der Waals surface area contributed by atoms with Gasteiger partial charge in [0.1, 0.15) is 0 Å². The van der Waals surface area contributed by atoms with E-state index < -0.39 is 0 Å². The minimum absolute atomic E-state index is 0.101. The molecule has 1 aliphatic heterocycles. The van der Waals surface area contributed by atoms with Gasteiger partial charge in [-0.05, 0) is 32.8 Å². The Kier molecular flexibility index (Phi) is 7.05. The van der Waals surface area contributed by atoms with Gasteiger partial charge in [-0.3, -0.25) is 9.58 Å². The summed E-state index contributed by atoms with van der Waals surface area (Å²) in [5.74, 6) is 0.322. The van der Waals surface area contributed by atoms with Crippen molar-refractivity contribution in [3.05, 3.63) is 17.5 Å². The number of carbonyl (C=O) groups is 1. The molecule has 1 aliphatic rings. The van der Waals surface area contributed by atoms with Crippen LogP contribution in [0, 0.1) is 19.8 Å². The topological polar surface area (TPSA) is 71.4 Å². The van der Waals surface area contributed by atoms with E-state index in [9.17, 15) is 4.79 Å². The molecule has 2 N–H and O–H groups in total. The molecule has 1 aromatic rings. The summed E-state index contributed by atoms with van der Waals surface area (Å²) in [6.45, 7) is 13.9. The third kappa shape index (κ3) is 6.13. The first-order chi connectivity index (χ1) is 11.4. The number of amides is 2. The summed E-state index contributed by atoms with van der Waals surface area (Å²) in [6, 6.07) is 2.09. The van der Waals surface area contributed by atoms with Crippen molar-refractivity contribution >= 4 is 6.03 Å². The lowest BCUT2D eigenvalue weighted by Crippen LogP contribution is -2.49. The normalized spacial score (nSPS) is 18.2. The Morgan fingerprint density at radius 1 is 1.29 bits per heavy atom. The molecule has 1 saturated heterocycles. The Bertz CT molecular complexity index is 525. The van der Waals surface area contributed by atoms with Crippen LogP contribution in [0.15, 0.2) is 6.07 Å². The van der Waals surface area contributed by atoms with Gasteiger partial charge in [-0.1, -0.05) is 6.92 Å². The van der Waals surface area contributed by atoms with Gasteiger partial charge in [-0.2, -0.15) is 5.10 Å². The van der Waals surface area contributed by atoms with Crippen LogP contribution in [0.5, 0.6) is 0 Å². The predicted molar refractivity (Wildman–Crippen MR) is 94.1 cm³/mol. The highest BCUT2D eigenvalue weighted by Gasteiger charge is 2.15. The van der Waals surface area contributed by atoms with Gasteiger partial charge in [0.15, 0.2) is 0 Å². The van der Waals surface area contributed by atoms with Gasteiger partial charge >= 0.3 is 6.03 Å². The Morgan fingerprint density at radius 2 is 2.00 bits per heavy atom. The first kappa shape index (κ1) is 18.7. The third-order valence-corrected chi connectivity index (χ3v) is 4.21. The molecular weight excluding hydrogens is 306 g/mol. The van der Waals surface area contributed by atoms with Gasteiger partial charge in [0, 0.05) is 44.5 Å². The molecule has 0 aromatic carbocycles. The van der Waals surface area contributed by atoms with Gasteiger partial charge in [0.25, 0.3) is 0 Å². The maximum atomic E-state index is 12.0. The van der Waals surface area contributed by atoms with Gasteiger partial charge in [0.2, 0.25) is 0 Å². The van der Waals surface area contributed by atoms with Gasteiger partial charge in [-0.25, -0.2) is 4.79 Å². The van der Waals surface area contributed by atoms with Crippen LogP contribution in [0.3, 0.4) is 0 Å². The lowest BCUT2D eigenvalue weighted by atomic mass is 10.2. The zero-order valence-corrected chi connectivity index (χ0v) is 15.3. The minimum atomic E-state index is -0.101. The van der Waals surface area contributed by atoms with Crippen molar-refractivity contribution in [2.45, 2.75) is 40.3 Å². The molecular formula is C17H31N5O2. The number of nitrogens with zero attached hydrogens (tertiary/aromatic N) is 3. The fraction of sp³-hybridized carbons (Fsp3) is 0.765. The average Bonchev–Trinajstić information content (AvgIpc) is 2.83. The second-order valence-corrected chi connectivity index (χ2v) is 6.88. The Labute approximate surface area is 144 Å². The fourth-order valence-corrected chi connectivity index (χ4v) is 2.98. The molecule has 0 aliphatic carbocycles. The van der Waals surface area contributed by atoms with E-state index >= 15 is 0 Å². The lowest BCUT2D eigenvalue weighted by Gasteiger charge is -2.29. The van der Waals surface area contributed by atoms with Crippen LogP contribution in [0.4, 0.5) is 4.79 Å². The maximum Gasteiger partial charge on any atom is 0.315 e. The molecule has 7 heteroatoms. The Hall–Kier alpha value is -1.60. The van der Waals surface area contributed by atoms with Crippen molar-refractivity contribution in [1.29, 1.82) is 0 Å². The van der Waals surface area contributed by atoms with Gasteiger partial charge in [0.05, 0.1) is 18.9 Å². The molecule has 1 aromatic heterocycles. The number of urea groups is 1. The summed E-state index contributed by atoms with van der Waals surface area (Å²) in [5, 5.41) is 10.4. The van der Waals surface area contributed by atoms with Gasteiger partial charge in [-0.15, -0.1) is 0 Å². The van der Waals surface area contributed by atoms with E-state index in [1.165, 1.54) is 0 Å². The largest absolute Gasteiger partial charge is 0.379 e. The maximum absolute atomic E-state index is 12.0. The van der Waals surface area contributed by atoms with Crippen molar-refractivity contribution in [3.8, 4) is 0 Å². The highest BCUT2D eigenvalue weighted by molar-refractivity contribution is 5.74. The number of aryl methyl sites for hydroxylation is 2. The lowest BCUT2D eigenvalue weighted by molar-refractivity contribution is 0.0349. The van der Waals surface area contributed by atoms with Crippen LogP contribution in [-0.2, 0) is 11.3 Å². The highest BCUT2D eigenvalue weighted by Crippen LogP contribution is 2.06. The second kappa shape index (κ2) is 9.03. The SMILES string of the molecule is Cc1cc(C)n(C[C@@H](C)CNC(=O)N[C@@H](C)CN2CCOCC2)n1. The molecule has 0 radical (unpaired) electrons. The summed E-state index contributed by atoms with van der Waals surface area (Å²) in [4.78, 5) is 14.4. The van der Waals surface area contributed by atoms with Crippen LogP contribution in [-0.4, -0.2) is 66.1 Å². The van der Waals surface area contributed by atoms with E-state index in [-0.39, 0.29) is 12.1 Å². The van der Waals surface area contributed by atoms with Gasteiger partial charge < -0.3 is 15.4 Å². The monoisotopic (exact) mass is 337 g/mol. The zero-order valence-electron chi connectivity index (χ0n) is 15.3. The third-order valence-electron chi connectivity index (χ3n) is 4.21. The van der Waals surface area contributed by atoms with Crippen molar-refractivity contribution in [2.24, 2.45) is 5.92 Å². The van der Waals surface area contributed by atoms with Crippen LogP contribution >= 0.6 is 0 Å². The molecule has 1 fully saturated rings. The van der Waals surface area contributed by atoms with E-state index in [1.54, 1.807) is 0 Å². The number of ether oxygens (including phenoxy) is 1. The number of carbonyl (C=O) groups excluding carboxylic acids is 1. The quantitative estimate of drug-likeness (QED) is 0.783. The molecule has 2 heterocycles. The minimum Gasteiger partial charge on any atom is -0.379 e. The Morgan fingerprint density at radius 3 is 2.62 bits per heavy atom. The molecule has 24 heavy (non-hydrogen) atoms. The van der Waals surface area contributed by atoms with E-state index in [1.807, 2.05) is 18.5 Å². The van der Waals surface area contributed by atoms with Crippen LogP contribution in [0.25, 0.3) is 0 Å². The van der Waals surface area contributed by atoms with Crippen molar-refractivity contribution < 1.29 is 9.53 Å². The first-order valence-electron chi connectivity index (χ1n) is 8.79. The van der Waals surface area contributed by atoms with E-state index in [0.29, 0.717) is 12.5 Å². The number of morpholine rings is 1. The molecule has 136 valence electrons. The van der Waals surface area contributed by atoms with Crippen molar-refractivity contribution in [2.75, 3.05) is 39.4 Å². The number of aromatic nitrogens is 2. The van der Waals surface area contributed by atoms with E-state index in [0.717, 1.165) is 50.8 Å². The molecule has 2 rings (SSSR count). The molecule has 2 amide bonds. The van der Waals surface area contributed by atoms with Crippen LogP contribution in [0.1, 0.15) is 25.2 Å². The van der Waals surface area contributed by atoms with Crippen LogP contribution in [0.2, 0.25) is 0 Å². The average molecular weight is 337 g/mol. The smallest absolute Gasteiger partial charge is 0.315 e. The summed E-state index contributed by atoms with van der Waals surface area (Å²) >= 11 is 0. The van der Waals surface area contributed by atoms with Crippen LogP contribution < -0.4 is 10.6 Å². The van der Waals surface area contributed by atoms with E-state index in [2.05, 4.69) is 40.5 Å². The summed E-state index contributed by atoms with van der Waals surface area (Å²) in [7, 11) is 0. The summed E-state index contributed by atoms with van der Waals surface area (Å²) in [5.41, 5.74) is 2.19. The van der Waals surface area contributed by atoms with Crippen molar-refractivity contribution in [3.63, 3.8) is 0 Å².